The van der Waals surface area contributed by atoms with Gasteiger partial charge in [-0.1, -0.05) is 18.2 Å². The Morgan fingerprint density at radius 2 is 2.33 bits per heavy atom. The number of hydrogen-bond acceptors (Lipinski definition) is 4. The molecule has 1 aliphatic rings. The summed E-state index contributed by atoms with van der Waals surface area (Å²) in [7, 11) is 0. The van der Waals surface area contributed by atoms with E-state index in [1.807, 2.05) is 24.5 Å². The maximum atomic E-state index is 13.1. The van der Waals surface area contributed by atoms with E-state index in [1.165, 1.54) is 5.56 Å². The van der Waals surface area contributed by atoms with E-state index in [9.17, 15) is 9.18 Å². The van der Waals surface area contributed by atoms with Crippen molar-refractivity contribution in [1.29, 1.82) is 0 Å². The Bertz CT molecular complexity index is 482. The molecule has 1 aliphatic heterocycles. The van der Waals surface area contributed by atoms with Crippen molar-refractivity contribution in [1.82, 2.24) is 15.7 Å². The molecule has 1 aromatic rings. The number of halogens is 1. The van der Waals surface area contributed by atoms with Gasteiger partial charge in [0.05, 0.1) is 6.54 Å². The summed E-state index contributed by atoms with van der Waals surface area (Å²) < 4.78 is 13.1. The second kappa shape index (κ2) is 7.49. The van der Waals surface area contributed by atoms with Gasteiger partial charge >= 0.3 is 0 Å². The molecule has 1 heterocycles. The molecule has 0 saturated heterocycles. The molecule has 1 atom stereocenters. The fourth-order valence-electron chi connectivity index (χ4n) is 2.82. The van der Waals surface area contributed by atoms with Crippen LogP contribution in [0.3, 0.4) is 0 Å². The van der Waals surface area contributed by atoms with E-state index in [0.717, 1.165) is 24.1 Å². The molecule has 0 bridgehead atoms. The highest BCUT2D eigenvalue weighted by molar-refractivity contribution is 5.78. The molecule has 0 radical (unpaired) electrons. The minimum atomic E-state index is -0.439. The van der Waals surface area contributed by atoms with Crippen LogP contribution in [0.5, 0.6) is 0 Å². The van der Waals surface area contributed by atoms with Gasteiger partial charge in [-0.15, -0.1) is 0 Å². The van der Waals surface area contributed by atoms with Crippen LogP contribution in [0.15, 0.2) is 18.2 Å². The second-order valence-corrected chi connectivity index (χ2v) is 5.48. The Morgan fingerprint density at radius 3 is 3.05 bits per heavy atom. The van der Waals surface area contributed by atoms with Crippen LogP contribution in [0.1, 0.15) is 23.6 Å². The molecule has 5 nitrogen and oxygen atoms in total. The number of amides is 1. The maximum absolute atomic E-state index is 13.1. The number of rotatable bonds is 6. The zero-order chi connectivity index (χ0) is 15.2. The third-order valence-corrected chi connectivity index (χ3v) is 3.77. The van der Waals surface area contributed by atoms with Gasteiger partial charge in [0.15, 0.2) is 0 Å². The summed E-state index contributed by atoms with van der Waals surface area (Å²) in [6, 6.07) is 5.78. The van der Waals surface area contributed by atoms with Crippen LogP contribution >= 0.6 is 0 Å². The zero-order valence-electron chi connectivity index (χ0n) is 12.2. The smallest absolute Gasteiger partial charge is 0.236 e. The van der Waals surface area contributed by atoms with Crippen LogP contribution in [-0.4, -0.2) is 41.7 Å². The van der Waals surface area contributed by atoms with Crippen LogP contribution in [0.4, 0.5) is 4.39 Å². The molecule has 0 spiro atoms. The van der Waals surface area contributed by atoms with Crippen LogP contribution in [0, 0.1) is 0 Å². The van der Waals surface area contributed by atoms with Crippen LogP contribution in [0.2, 0.25) is 0 Å². The molecule has 0 aromatic heterocycles. The highest BCUT2D eigenvalue weighted by atomic mass is 19.1. The zero-order valence-corrected chi connectivity index (χ0v) is 12.2. The number of hydrogen-bond donors (Lipinski definition) is 3. The van der Waals surface area contributed by atoms with Crippen molar-refractivity contribution in [2.45, 2.75) is 32.6 Å². The van der Waals surface area contributed by atoms with Gasteiger partial charge in [-0.05, 0) is 30.0 Å². The van der Waals surface area contributed by atoms with Gasteiger partial charge in [-0.2, -0.15) is 5.48 Å². The normalized spacial score (nSPS) is 16.3. The Labute approximate surface area is 124 Å². The number of nitrogens with zero attached hydrogens (tertiary/aromatic N) is 1. The molecule has 6 heteroatoms. The molecule has 116 valence electrons. The SMILES string of the molecule is C[C@@H](CN1CCc2cccc(CF)c2C1)NC(=O)CNO. The third-order valence-electron chi connectivity index (χ3n) is 3.77. The summed E-state index contributed by atoms with van der Waals surface area (Å²) in [5.41, 5.74) is 4.91. The number of alkyl halides is 1. The van der Waals surface area contributed by atoms with E-state index >= 15 is 0 Å². The number of benzene rings is 1. The lowest BCUT2D eigenvalue weighted by Crippen LogP contribution is -2.45. The Kier molecular flexibility index (Phi) is 5.67. The fourth-order valence-corrected chi connectivity index (χ4v) is 2.82. The monoisotopic (exact) mass is 295 g/mol. The summed E-state index contributed by atoms with van der Waals surface area (Å²) in [4.78, 5) is 13.6. The van der Waals surface area contributed by atoms with Crippen molar-refractivity contribution < 1.29 is 14.4 Å². The first kappa shape index (κ1) is 15.9. The van der Waals surface area contributed by atoms with Crippen molar-refractivity contribution in [3.8, 4) is 0 Å². The Morgan fingerprint density at radius 1 is 1.52 bits per heavy atom. The highest BCUT2D eigenvalue weighted by Gasteiger charge is 2.20. The average Bonchev–Trinajstić information content (AvgIpc) is 2.46. The molecule has 1 amide bonds. The molecule has 0 fully saturated rings. The molecule has 0 unspecified atom stereocenters. The molecule has 0 saturated carbocycles. The van der Waals surface area contributed by atoms with Crippen molar-refractivity contribution in [3.05, 3.63) is 34.9 Å². The lowest BCUT2D eigenvalue weighted by Gasteiger charge is -2.32. The fraction of sp³-hybridized carbons (Fsp3) is 0.533. The maximum Gasteiger partial charge on any atom is 0.236 e. The Balaban J connectivity index is 1.93. The van der Waals surface area contributed by atoms with Crippen molar-refractivity contribution in [3.63, 3.8) is 0 Å². The number of hydroxylamine groups is 1. The molecule has 21 heavy (non-hydrogen) atoms. The standard InChI is InChI=1S/C15H22FN3O2/c1-11(18-15(20)8-17-21)9-19-6-5-12-3-2-4-13(7-16)14(12)10-19/h2-4,11,17,21H,5-10H2,1H3,(H,18,20)/t11-/m0/s1. The van der Waals surface area contributed by atoms with Gasteiger partial charge < -0.3 is 10.5 Å². The lowest BCUT2D eigenvalue weighted by atomic mass is 9.95. The second-order valence-electron chi connectivity index (χ2n) is 5.48. The van der Waals surface area contributed by atoms with Crippen LogP contribution < -0.4 is 10.8 Å². The summed E-state index contributed by atoms with van der Waals surface area (Å²) in [6.07, 6.45) is 0.905. The summed E-state index contributed by atoms with van der Waals surface area (Å²) in [5, 5.41) is 11.3. The lowest BCUT2D eigenvalue weighted by molar-refractivity contribution is -0.122. The number of carbonyl (C=O) groups excluding carboxylic acids is 1. The number of nitrogens with one attached hydrogen (secondary N) is 2. The molecule has 1 aromatic carbocycles. The van der Waals surface area contributed by atoms with Crippen LogP contribution in [0.25, 0.3) is 0 Å². The molecular formula is C15H22FN3O2. The first-order chi connectivity index (χ1) is 10.1. The van der Waals surface area contributed by atoms with E-state index in [0.29, 0.717) is 13.1 Å². The third kappa shape index (κ3) is 4.23. The Hall–Kier alpha value is -1.50. The van der Waals surface area contributed by atoms with Crippen molar-refractivity contribution >= 4 is 5.91 Å². The minimum absolute atomic E-state index is 0.0232. The van der Waals surface area contributed by atoms with E-state index in [1.54, 1.807) is 0 Å². The van der Waals surface area contributed by atoms with E-state index < -0.39 is 6.67 Å². The number of fused-ring (bicyclic) bond motifs is 1. The van der Waals surface area contributed by atoms with Gasteiger partial charge in [0.2, 0.25) is 5.91 Å². The predicted octanol–water partition coefficient (Wildman–Crippen LogP) is 0.998. The van der Waals surface area contributed by atoms with E-state index in [-0.39, 0.29) is 18.5 Å². The van der Waals surface area contributed by atoms with Gasteiger partial charge in [0, 0.05) is 25.7 Å². The van der Waals surface area contributed by atoms with Gasteiger partial charge in [-0.25, -0.2) is 4.39 Å². The van der Waals surface area contributed by atoms with Crippen LogP contribution in [-0.2, 0) is 24.4 Å². The first-order valence-corrected chi connectivity index (χ1v) is 7.18. The van der Waals surface area contributed by atoms with E-state index in [2.05, 4.69) is 16.3 Å². The topological polar surface area (TPSA) is 64.6 Å². The molecular weight excluding hydrogens is 273 g/mol. The van der Waals surface area contributed by atoms with Gasteiger partial charge in [-0.3, -0.25) is 9.69 Å². The van der Waals surface area contributed by atoms with Crippen molar-refractivity contribution in [2.75, 3.05) is 19.6 Å². The predicted molar refractivity (Wildman–Crippen MR) is 77.6 cm³/mol. The van der Waals surface area contributed by atoms with Gasteiger partial charge in [0.1, 0.15) is 6.67 Å². The van der Waals surface area contributed by atoms with Gasteiger partial charge in [0.25, 0.3) is 0 Å². The van der Waals surface area contributed by atoms with E-state index in [4.69, 9.17) is 5.21 Å². The largest absolute Gasteiger partial charge is 0.351 e. The molecule has 2 rings (SSSR count). The summed E-state index contributed by atoms with van der Waals surface area (Å²) >= 11 is 0. The molecule has 3 N–H and O–H groups in total. The summed E-state index contributed by atoms with van der Waals surface area (Å²) in [6.45, 7) is 3.70. The molecule has 0 aliphatic carbocycles. The minimum Gasteiger partial charge on any atom is -0.351 e. The van der Waals surface area contributed by atoms with Crippen molar-refractivity contribution in [2.24, 2.45) is 0 Å². The summed E-state index contributed by atoms with van der Waals surface area (Å²) in [5.74, 6) is -0.244. The number of carbonyl (C=O) groups is 1. The quantitative estimate of drug-likeness (QED) is 0.685. The first-order valence-electron chi connectivity index (χ1n) is 7.18. The highest BCUT2D eigenvalue weighted by Crippen LogP contribution is 2.23. The average molecular weight is 295 g/mol.